The number of imidazole rings is 1. The average molecular weight is 328 g/mol. The number of hydrogen-bond donors (Lipinski definition) is 2. The van der Waals surface area contributed by atoms with E-state index in [9.17, 15) is 9.18 Å². The summed E-state index contributed by atoms with van der Waals surface area (Å²) in [5, 5.41) is 2.95. The van der Waals surface area contributed by atoms with Crippen molar-refractivity contribution in [2.75, 3.05) is 19.6 Å². The minimum absolute atomic E-state index is 0.0480. The van der Waals surface area contributed by atoms with Gasteiger partial charge in [-0.2, -0.15) is 0 Å². The van der Waals surface area contributed by atoms with Gasteiger partial charge in [0.15, 0.2) is 0 Å². The zero-order valence-corrected chi connectivity index (χ0v) is 13.5. The van der Waals surface area contributed by atoms with E-state index in [1.807, 2.05) is 6.20 Å². The Kier molecular flexibility index (Phi) is 5.38. The fourth-order valence-corrected chi connectivity index (χ4v) is 2.82. The summed E-state index contributed by atoms with van der Waals surface area (Å²) in [5.74, 6) is -0.336. The van der Waals surface area contributed by atoms with Crippen molar-refractivity contribution in [1.29, 1.82) is 0 Å². The summed E-state index contributed by atoms with van der Waals surface area (Å²) in [4.78, 5) is 21.5. The number of carbonyl (C=O) groups is 1. The fourth-order valence-electron chi connectivity index (χ4n) is 2.82. The molecule has 1 aliphatic rings. The van der Waals surface area contributed by atoms with Crippen LogP contribution in [0.3, 0.4) is 0 Å². The molecule has 0 radical (unpaired) electrons. The molecule has 0 bridgehead atoms. The topological polar surface area (TPSA) is 61.0 Å². The van der Waals surface area contributed by atoms with Crippen LogP contribution >= 0.6 is 0 Å². The highest BCUT2D eigenvalue weighted by atomic mass is 19.1. The Labute approximate surface area is 140 Å². The first-order valence-corrected chi connectivity index (χ1v) is 8.08. The van der Waals surface area contributed by atoms with Crippen LogP contribution in [0.15, 0.2) is 48.4 Å². The number of rotatable bonds is 6. The Morgan fingerprint density at radius 1 is 1.33 bits per heavy atom. The lowest BCUT2D eigenvalue weighted by molar-refractivity contribution is -0.120. The molecule has 2 heterocycles. The minimum Gasteiger partial charge on any atom is -0.352 e. The molecule has 0 saturated carbocycles. The number of halogens is 1. The molecule has 1 amide bonds. The van der Waals surface area contributed by atoms with Crippen molar-refractivity contribution in [2.24, 2.45) is 0 Å². The molecule has 0 aliphatic carbocycles. The Hall–Kier alpha value is -2.47. The predicted molar refractivity (Wildman–Crippen MR) is 89.7 cm³/mol. The van der Waals surface area contributed by atoms with E-state index < -0.39 is 0 Å². The Morgan fingerprint density at radius 3 is 2.92 bits per heavy atom. The first-order chi connectivity index (χ1) is 11.7. The largest absolute Gasteiger partial charge is 0.352 e. The summed E-state index contributed by atoms with van der Waals surface area (Å²) >= 11 is 0. The number of nitrogens with one attached hydrogen (secondary N) is 2. The molecule has 0 spiro atoms. The molecule has 1 aromatic heterocycles. The van der Waals surface area contributed by atoms with Gasteiger partial charge in [0.2, 0.25) is 5.91 Å². The Balaban J connectivity index is 1.44. The Bertz CT molecular complexity index is 694. The van der Waals surface area contributed by atoms with Crippen LogP contribution in [0, 0.1) is 5.82 Å². The average Bonchev–Trinajstić information content (AvgIpc) is 3.08. The standard InChI is InChI=1S/C18H21FN4O/c19-16-5-3-14(4-6-16)8-18(24)21-9-15-2-1-7-23(11-15)12-17-10-20-13-22-17/h2-6,10,13H,1,7-9,11-12H2,(H,20,22)(H,21,24). The van der Waals surface area contributed by atoms with Gasteiger partial charge in [0.25, 0.3) is 0 Å². The molecule has 126 valence electrons. The molecule has 0 unspecified atom stereocenters. The van der Waals surface area contributed by atoms with E-state index in [0.29, 0.717) is 6.54 Å². The third-order valence-electron chi connectivity index (χ3n) is 4.04. The maximum atomic E-state index is 12.9. The van der Waals surface area contributed by atoms with Crippen LogP contribution in [-0.4, -0.2) is 40.4 Å². The lowest BCUT2D eigenvalue weighted by Crippen LogP contribution is -2.35. The number of aromatic amines is 1. The van der Waals surface area contributed by atoms with Gasteiger partial charge in [0.1, 0.15) is 5.82 Å². The first kappa shape index (κ1) is 16.4. The summed E-state index contributed by atoms with van der Waals surface area (Å²) in [7, 11) is 0. The van der Waals surface area contributed by atoms with Crippen LogP contribution in [0.1, 0.15) is 17.7 Å². The molecule has 0 fully saturated rings. The predicted octanol–water partition coefficient (Wildman–Crippen LogP) is 2.04. The molecule has 0 atom stereocenters. The molecular formula is C18H21FN4O. The molecule has 1 aromatic carbocycles. The molecule has 2 N–H and O–H groups in total. The maximum absolute atomic E-state index is 12.9. The maximum Gasteiger partial charge on any atom is 0.224 e. The van der Waals surface area contributed by atoms with Gasteiger partial charge in [-0.3, -0.25) is 9.69 Å². The second kappa shape index (κ2) is 7.88. The highest BCUT2D eigenvalue weighted by Gasteiger charge is 2.14. The smallest absolute Gasteiger partial charge is 0.224 e. The van der Waals surface area contributed by atoms with E-state index in [-0.39, 0.29) is 18.1 Å². The van der Waals surface area contributed by atoms with Crippen molar-refractivity contribution in [2.45, 2.75) is 19.4 Å². The van der Waals surface area contributed by atoms with Crippen LogP contribution in [-0.2, 0) is 17.8 Å². The third-order valence-corrected chi connectivity index (χ3v) is 4.04. The van der Waals surface area contributed by atoms with Crippen LogP contribution in [0.4, 0.5) is 4.39 Å². The quantitative estimate of drug-likeness (QED) is 0.798. The van der Waals surface area contributed by atoms with Gasteiger partial charge in [-0.1, -0.05) is 18.2 Å². The van der Waals surface area contributed by atoms with Crippen molar-refractivity contribution in [3.63, 3.8) is 0 Å². The van der Waals surface area contributed by atoms with Crippen LogP contribution in [0.2, 0.25) is 0 Å². The van der Waals surface area contributed by atoms with Gasteiger partial charge < -0.3 is 10.3 Å². The van der Waals surface area contributed by atoms with Crippen molar-refractivity contribution in [1.82, 2.24) is 20.2 Å². The zero-order chi connectivity index (χ0) is 16.8. The van der Waals surface area contributed by atoms with E-state index in [0.717, 1.165) is 37.3 Å². The summed E-state index contributed by atoms with van der Waals surface area (Å²) in [5.41, 5.74) is 3.12. The van der Waals surface area contributed by atoms with Gasteiger partial charge >= 0.3 is 0 Å². The molecule has 2 aromatic rings. The van der Waals surface area contributed by atoms with Crippen molar-refractivity contribution in [3.05, 3.63) is 65.5 Å². The van der Waals surface area contributed by atoms with Crippen LogP contribution < -0.4 is 5.32 Å². The molecular weight excluding hydrogens is 307 g/mol. The molecule has 0 saturated heterocycles. The molecule has 1 aliphatic heterocycles. The first-order valence-electron chi connectivity index (χ1n) is 8.08. The van der Waals surface area contributed by atoms with E-state index >= 15 is 0 Å². The summed E-state index contributed by atoms with van der Waals surface area (Å²) in [6.07, 6.45) is 6.97. The number of amides is 1. The van der Waals surface area contributed by atoms with E-state index in [1.54, 1.807) is 18.5 Å². The van der Waals surface area contributed by atoms with Crippen LogP contribution in [0.25, 0.3) is 0 Å². The fraction of sp³-hybridized carbons (Fsp3) is 0.333. The van der Waals surface area contributed by atoms with Gasteiger partial charge in [-0.15, -0.1) is 0 Å². The van der Waals surface area contributed by atoms with E-state index in [4.69, 9.17) is 0 Å². The van der Waals surface area contributed by atoms with Gasteiger partial charge in [0, 0.05) is 38.1 Å². The number of carbonyl (C=O) groups excluding carboxylic acids is 1. The highest BCUT2D eigenvalue weighted by molar-refractivity contribution is 5.78. The summed E-state index contributed by atoms with van der Waals surface area (Å²) < 4.78 is 12.9. The number of aromatic nitrogens is 2. The molecule has 24 heavy (non-hydrogen) atoms. The van der Waals surface area contributed by atoms with E-state index in [2.05, 4.69) is 26.3 Å². The second-order valence-corrected chi connectivity index (χ2v) is 6.02. The minimum atomic E-state index is -0.288. The monoisotopic (exact) mass is 328 g/mol. The van der Waals surface area contributed by atoms with Crippen LogP contribution in [0.5, 0.6) is 0 Å². The van der Waals surface area contributed by atoms with Gasteiger partial charge in [0.05, 0.1) is 12.7 Å². The highest BCUT2D eigenvalue weighted by Crippen LogP contribution is 2.12. The Morgan fingerprint density at radius 2 is 2.17 bits per heavy atom. The SMILES string of the molecule is O=C(Cc1ccc(F)cc1)NCC1=CCCN(Cc2cnc[nH]2)C1. The second-order valence-electron chi connectivity index (χ2n) is 6.02. The molecule has 6 heteroatoms. The van der Waals surface area contributed by atoms with Gasteiger partial charge in [-0.25, -0.2) is 9.37 Å². The van der Waals surface area contributed by atoms with E-state index in [1.165, 1.54) is 17.7 Å². The van der Waals surface area contributed by atoms with Crippen molar-refractivity contribution < 1.29 is 9.18 Å². The number of nitrogens with zero attached hydrogens (tertiary/aromatic N) is 2. The zero-order valence-electron chi connectivity index (χ0n) is 13.5. The normalized spacial score (nSPS) is 15.1. The lowest BCUT2D eigenvalue weighted by Gasteiger charge is -2.26. The lowest BCUT2D eigenvalue weighted by atomic mass is 10.1. The summed E-state index contributed by atoms with van der Waals surface area (Å²) in [6.45, 7) is 3.24. The summed E-state index contributed by atoms with van der Waals surface area (Å²) in [6, 6.07) is 6.03. The molecule has 5 nitrogen and oxygen atoms in total. The van der Waals surface area contributed by atoms with Crippen molar-refractivity contribution in [3.8, 4) is 0 Å². The third kappa shape index (κ3) is 4.76. The molecule has 3 rings (SSSR count). The van der Waals surface area contributed by atoms with Crippen molar-refractivity contribution >= 4 is 5.91 Å². The number of benzene rings is 1. The number of hydrogen-bond acceptors (Lipinski definition) is 3. The number of H-pyrrole nitrogens is 1. The van der Waals surface area contributed by atoms with Gasteiger partial charge in [-0.05, 0) is 29.7 Å².